The highest BCUT2D eigenvalue weighted by atomic mass is 79.9. The van der Waals surface area contributed by atoms with Crippen molar-refractivity contribution in [1.29, 1.82) is 0 Å². The maximum Gasteiger partial charge on any atom is 0.260 e. The minimum absolute atomic E-state index is 0.252. The highest BCUT2D eigenvalue weighted by Gasteiger charge is 2.19. The van der Waals surface area contributed by atoms with E-state index in [0.29, 0.717) is 16.4 Å². The smallest absolute Gasteiger partial charge is 0.260 e. The highest BCUT2D eigenvalue weighted by Crippen LogP contribution is 2.23. The molecule has 0 saturated heterocycles. The molecule has 0 aliphatic rings. The van der Waals surface area contributed by atoms with Crippen LogP contribution in [0.3, 0.4) is 0 Å². The van der Waals surface area contributed by atoms with E-state index in [0.717, 1.165) is 15.7 Å². The number of carbonyl (C=O) groups excluding carboxylic acids is 1. The SMILES string of the molecule is Cc1cc(NC(=O)c2c(C)nn(C)c2Cl)ccc1Br. The molecule has 1 aromatic heterocycles. The molecule has 2 rings (SSSR count). The molecule has 1 N–H and O–H groups in total. The van der Waals surface area contributed by atoms with Crippen molar-refractivity contribution in [2.45, 2.75) is 13.8 Å². The van der Waals surface area contributed by atoms with Gasteiger partial charge in [-0.05, 0) is 37.6 Å². The molecule has 0 aliphatic heterocycles. The van der Waals surface area contributed by atoms with Crippen molar-refractivity contribution in [3.8, 4) is 0 Å². The number of carbonyl (C=O) groups is 1. The van der Waals surface area contributed by atoms with Gasteiger partial charge in [0.25, 0.3) is 5.91 Å². The summed E-state index contributed by atoms with van der Waals surface area (Å²) in [5.74, 6) is -0.252. The first-order chi connectivity index (χ1) is 8.90. The van der Waals surface area contributed by atoms with Crippen LogP contribution in [0.2, 0.25) is 5.15 Å². The summed E-state index contributed by atoms with van der Waals surface area (Å²) in [7, 11) is 1.70. The van der Waals surface area contributed by atoms with Gasteiger partial charge in [0.05, 0.1) is 11.3 Å². The van der Waals surface area contributed by atoms with Crippen LogP contribution in [0.4, 0.5) is 5.69 Å². The van der Waals surface area contributed by atoms with Gasteiger partial charge in [-0.15, -0.1) is 0 Å². The van der Waals surface area contributed by atoms with Gasteiger partial charge in [-0.25, -0.2) is 0 Å². The number of amides is 1. The van der Waals surface area contributed by atoms with E-state index in [2.05, 4.69) is 26.3 Å². The first-order valence-electron chi connectivity index (χ1n) is 5.66. The van der Waals surface area contributed by atoms with Crippen LogP contribution in [0.1, 0.15) is 21.6 Å². The second-order valence-electron chi connectivity index (χ2n) is 4.29. The Balaban J connectivity index is 2.28. The number of aromatic nitrogens is 2. The van der Waals surface area contributed by atoms with Gasteiger partial charge in [-0.2, -0.15) is 5.10 Å². The molecule has 0 spiro atoms. The van der Waals surface area contributed by atoms with E-state index in [9.17, 15) is 4.79 Å². The maximum absolute atomic E-state index is 12.2. The van der Waals surface area contributed by atoms with Crippen LogP contribution in [0.5, 0.6) is 0 Å². The molecule has 2 aromatic rings. The molecule has 0 aliphatic carbocycles. The van der Waals surface area contributed by atoms with E-state index < -0.39 is 0 Å². The Labute approximate surface area is 124 Å². The number of rotatable bonds is 2. The van der Waals surface area contributed by atoms with E-state index in [4.69, 9.17) is 11.6 Å². The first kappa shape index (κ1) is 14.1. The largest absolute Gasteiger partial charge is 0.322 e. The molecule has 1 heterocycles. The molecule has 0 fully saturated rings. The monoisotopic (exact) mass is 341 g/mol. The number of hydrogen-bond donors (Lipinski definition) is 1. The average Bonchev–Trinajstić information content (AvgIpc) is 2.58. The van der Waals surface area contributed by atoms with Crippen LogP contribution in [0.15, 0.2) is 22.7 Å². The Kier molecular flexibility index (Phi) is 3.96. The second kappa shape index (κ2) is 5.35. The van der Waals surface area contributed by atoms with Crippen molar-refractivity contribution < 1.29 is 4.79 Å². The summed E-state index contributed by atoms with van der Waals surface area (Å²) in [5, 5.41) is 7.28. The lowest BCUT2D eigenvalue weighted by Crippen LogP contribution is -2.13. The summed E-state index contributed by atoms with van der Waals surface area (Å²) in [6.07, 6.45) is 0. The van der Waals surface area contributed by atoms with Gasteiger partial charge in [0, 0.05) is 17.2 Å². The van der Waals surface area contributed by atoms with Crippen LogP contribution in [-0.2, 0) is 7.05 Å². The van der Waals surface area contributed by atoms with E-state index in [1.165, 1.54) is 4.68 Å². The normalized spacial score (nSPS) is 10.6. The van der Waals surface area contributed by atoms with Crippen LogP contribution in [0, 0.1) is 13.8 Å². The molecular weight excluding hydrogens is 330 g/mol. The van der Waals surface area contributed by atoms with Gasteiger partial charge in [-0.3, -0.25) is 9.48 Å². The number of aryl methyl sites for hydroxylation is 3. The van der Waals surface area contributed by atoms with E-state index in [1.54, 1.807) is 14.0 Å². The van der Waals surface area contributed by atoms with E-state index in [1.807, 2.05) is 25.1 Å². The standard InChI is InChI=1S/C13H13BrClN3O/c1-7-6-9(4-5-10(7)14)16-13(19)11-8(2)17-18(3)12(11)15/h4-6H,1-3H3,(H,16,19). The Bertz CT molecular complexity index is 652. The van der Waals surface area contributed by atoms with Gasteiger partial charge in [0.15, 0.2) is 0 Å². The molecule has 0 atom stereocenters. The van der Waals surface area contributed by atoms with Gasteiger partial charge < -0.3 is 5.32 Å². The molecule has 0 bridgehead atoms. The number of benzene rings is 1. The quantitative estimate of drug-likeness (QED) is 0.904. The third-order valence-electron chi connectivity index (χ3n) is 2.80. The molecular formula is C13H13BrClN3O. The first-order valence-corrected chi connectivity index (χ1v) is 6.84. The van der Waals surface area contributed by atoms with Crippen molar-refractivity contribution in [3.05, 3.63) is 44.6 Å². The molecule has 100 valence electrons. The molecule has 0 unspecified atom stereocenters. The van der Waals surface area contributed by atoms with E-state index >= 15 is 0 Å². The predicted octanol–water partition coefficient (Wildman–Crippen LogP) is 3.71. The minimum atomic E-state index is -0.252. The Morgan fingerprint density at radius 2 is 2.11 bits per heavy atom. The topological polar surface area (TPSA) is 46.9 Å². The Morgan fingerprint density at radius 1 is 1.42 bits per heavy atom. The molecule has 4 nitrogen and oxygen atoms in total. The predicted molar refractivity (Wildman–Crippen MR) is 79.8 cm³/mol. The van der Waals surface area contributed by atoms with Crippen molar-refractivity contribution in [2.24, 2.45) is 7.05 Å². The molecule has 0 saturated carbocycles. The number of nitrogens with zero attached hydrogens (tertiary/aromatic N) is 2. The van der Waals surface area contributed by atoms with Crippen LogP contribution in [-0.4, -0.2) is 15.7 Å². The highest BCUT2D eigenvalue weighted by molar-refractivity contribution is 9.10. The Hall–Kier alpha value is -1.33. The fourth-order valence-corrected chi connectivity index (χ4v) is 2.31. The van der Waals surface area contributed by atoms with Gasteiger partial charge in [0.1, 0.15) is 5.15 Å². The summed E-state index contributed by atoms with van der Waals surface area (Å²) in [5.41, 5.74) is 2.79. The van der Waals surface area contributed by atoms with Crippen molar-refractivity contribution in [3.63, 3.8) is 0 Å². The third-order valence-corrected chi connectivity index (χ3v) is 4.12. The summed E-state index contributed by atoms with van der Waals surface area (Å²) in [4.78, 5) is 12.2. The maximum atomic E-state index is 12.2. The number of nitrogens with one attached hydrogen (secondary N) is 1. The Morgan fingerprint density at radius 3 is 2.63 bits per heavy atom. The van der Waals surface area contributed by atoms with Crippen molar-refractivity contribution >= 4 is 39.1 Å². The molecule has 6 heteroatoms. The number of hydrogen-bond acceptors (Lipinski definition) is 2. The number of halogens is 2. The number of anilines is 1. The zero-order valence-corrected chi connectivity index (χ0v) is 13.1. The lowest BCUT2D eigenvalue weighted by Gasteiger charge is -2.07. The summed E-state index contributed by atoms with van der Waals surface area (Å²) >= 11 is 9.48. The average molecular weight is 343 g/mol. The van der Waals surface area contributed by atoms with E-state index in [-0.39, 0.29) is 5.91 Å². The third kappa shape index (κ3) is 2.82. The molecule has 1 amide bonds. The zero-order chi connectivity index (χ0) is 14.2. The summed E-state index contributed by atoms with van der Waals surface area (Å²) < 4.78 is 2.49. The van der Waals surface area contributed by atoms with Crippen LogP contribution < -0.4 is 5.32 Å². The fraction of sp³-hybridized carbons (Fsp3) is 0.231. The van der Waals surface area contributed by atoms with Crippen molar-refractivity contribution in [1.82, 2.24) is 9.78 Å². The van der Waals surface area contributed by atoms with Crippen LogP contribution >= 0.6 is 27.5 Å². The lowest BCUT2D eigenvalue weighted by molar-refractivity contribution is 0.102. The second-order valence-corrected chi connectivity index (χ2v) is 5.51. The van der Waals surface area contributed by atoms with Gasteiger partial charge >= 0.3 is 0 Å². The van der Waals surface area contributed by atoms with Gasteiger partial charge in [-0.1, -0.05) is 27.5 Å². The fourth-order valence-electron chi connectivity index (χ4n) is 1.80. The minimum Gasteiger partial charge on any atom is -0.322 e. The summed E-state index contributed by atoms with van der Waals surface area (Å²) in [6.45, 7) is 3.72. The molecule has 1 aromatic carbocycles. The molecule has 0 radical (unpaired) electrons. The summed E-state index contributed by atoms with van der Waals surface area (Å²) in [6, 6.07) is 5.61. The van der Waals surface area contributed by atoms with Crippen LogP contribution in [0.25, 0.3) is 0 Å². The molecule has 19 heavy (non-hydrogen) atoms. The zero-order valence-electron chi connectivity index (χ0n) is 10.8. The lowest BCUT2D eigenvalue weighted by atomic mass is 10.2. The van der Waals surface area contributed by atoms with Crippen molar-refractivity contribution in [2.75, 3.05) is 5.32 Å². The van der Waals surface area contributed by atoms with Gasteiger partial charge in [0.2, 0.25) is 0 Å².